The number of hydrogen-bond acceptors (Lipinski definition) is 7. The van der Waals surface area contributed by atoms with E-state index in [1.165, 1.54) is 12.4 Å². The van der Waals surface area contributed by atoms with Gasteiger partial charge in [0.2, 0.25) is 0 Å². The number of nitrogen functional groups attached to an aromatic ring is 2. The van der Waals surface area contributed by atoms with E-state index >= 15 is 4.39 Å². The molecule has 3 fully saturated rings. The van der Waals surface area contributed by atoms with Gasteiger partial charge in [-0.15, -0.1) is 0 Å². The third kappa shape index (κ3) is 3.30. The quantitative estimate of drug-likeness (QED) is 0.389. The van der Waals surface area contributed by atoms with Crippen LogP contribution in [0.15, 0.2) is 30.6 Å². The van der Waals surface area contributed by atoms with E-state index in [-0.39, 0.29) is 35.3 Å². The topological polar surface area (TPSA) is 114 Å². The minimum absolute atomic E-state index is 0.0450. The number of aromatic nitrogens is 4. The lowest BCUT2D eigenvalue weighted by atomic mass is 9.91. The van der Waals surface area contributed by atoms with Gasteiger partial charge in [0, 0.05) is 16.5 Å². The van der Waals surface area contributed by atoms with Crippen molar-refractivity contribution in [2.24, 2.45) is 11.3 Å². The molecule has 0 unspecified atom stereocenters. The molecule has 8 nitrogen and oxygen atoms in total. The van der Waals surface area contributed by atoms with Crippen LogP contribution in [0.5, 0.6) is 0 Å². The molecule has 192 valence electrons. The number of anilines is 2. The molecule has 4 heterocycles. The second-order valence-corrected chi connectivity index (χ2v) is 11.6. The van der Waals surface area contributed by atoms with Crippen molar-refractivity contribution < 1.29 is 13.9 Å². The summed E-state index contributed by atoms with van der Waals surface area (Å²) in [5.74, 6) is 0.0631. The second-order valence-electron chi connectivity index (χ2n) is 11.2. The Labute approximate surface area is 218 Å². The van der Waals surface area contributed by atoms with Gasteiger partial charge in [-0.2, -0.15) is 0 Å². The lowest BCUT2D eigenvalue weighted by Crippen LogP contribution is -2.32. The van der Waals surface area contributed by atoms with Crippen molar-refractivity contribution in [2.75, 3.05) is 11.5 Å². The maximum atomic E-state index is 15.1. The van der Waals surface area contributed by atoms with Crippen LogP contribution in [-0.4, -0.2) is 37.5 Å². The number of rotatable bonds is 4. The number of nitrogens with zero attached hydrogens (tertiary/aromatic N) is 4. The first-order valence-corrected chi connectivity index (χ1v) is 12.9. The summed E-state index contributed by atoms with van der Waals surface area (Å²) in [7, 11) is 0. The zero-order chi connectivity index (χ0) is 25.9. The molecule has 0 amide bonds. The summed E-state index contributed by atoms with van der Waals surface area (Å²) >= 11 is 6.08. The van der Waals surface area contributed by atoms with Gasteiger partial charge in [-0.05, 0) is 75.8 Å². The molecular weight excluding hydrogens is 495 g/mol. The first-order chi connectivity index (χ1) is 17.6. The first kappa shape index (κ1) is 23.1. The fraction of sp³-hybridized carbons (Fsp3) is 0.444. The van der Waals surface area contributed by atoms with E-state index < -0.39 is 5.79 Å². The lowest BCUT2D eigenvalue weighted by Gasteiger charge is -2.26. The maximum Gasteiger partial charge on any atom is 0.163 e. The number of pyridine rings is 1. The third-order valence-corrected chi connectivity index (χ3v) is 8.90. The summed E-state index contributed by atoms with van der Waals surface area (Å²) in [4.78, 5) is 13.1. The summed E-state index contributed by atoms with van der Waals surface area (Å²) in [5.41, 5.74) is 15.1. The maximum absolute atomic E-state index is 15.1. The molecular formula is C27H28ClFN6O2. The standard InChI is InChI=1S/C27H28ClFN6O2/c1-12-6-15-23(30)32-11-33-25(15)35(12)20-16-10-27(16,22-21(20)36-26(2,3)37-22)5-4-13-9-19-14(8-18(13)29)7-17(28)24(31)34-19/h6-9,11,16,20-22H,4-5,10H2,1-3H3,(H2,31,34)(H2,30,32,33)/t16-,20-,21+,22+,27+/m1/s1. The Kier molecular flexibility index (Phi) is 4.70. The van der Waals surface area contributed by atoms with Gasteiger partial charge in [0.05, 0.1) is 28.1 Å². The Hall–Kier alpha value is -3.01. The monoisotopic (exact) mass is 522 g/mol. The highest BCUT2D eigenvalue weighted by atomic mass is 35.5. The highest BCUT2D eigenvalue weighted by Gasteiger charge is 2.75. The Morgan fingerprint density at radius 3 is 2.76 bits per heavy atom. The van der Waals surface area contributed by atoms with Crippen molar-refractivity contribution >= 4 is 45.2 Å². The summed E-state index contributed by atoms with van der Waals surface area (Å²) in [6.07, 6.45) is 3.59. The number of aryl methyl sites for hydroxylation is 2. The molecule has 4 aromatic rings. The number of fused-ring (bicyclic) bond motifs is 5. The molecule has 7 rings (SSSR count). The molecule has 3 aliphatic rings. The van der Waals surface area contributed by atoms with Gasteiger partial charge in [0.1, 0.15) is 35.5 Å². The van der Waals surface area contributed by atoms with Gasteiger partial charge in [0.15, 0.2) is 5.79 Å². The average molecular weight is 523 g/mol. The largest absolute Gasteiger partial charge is 0.383 e. The highest BCUT2D eigenvalue weighted by Crippen LogP contribution is 2.73. The second kappa shape index (κ2) is 7.52. The Bertz CT molecular complexity index is 1610. The van der Waals surface area contributed by atoms with E-state index in [0.29, 0.717) is 39.6 Å². The van der Waals surface area contributed by atoms with Crippen molar-refractivity contribution in [2.45, 2.75) is 64.1 Å². The summed E-state index contributed by atoms with van der Waals surface area (Å²) in [6.45, 7) is 5.98. The SMILES string of the molecule is Cc1cc2c(N)ncnc2n1[C@H]1[C@@H]2OC(C)(C)O[C@@H]2[C@@]2(CCc3cc4nc(N)c(Cl)cc4cc3F)C[C@H]12. The minimum atomic E-state index is -0.700. The summed E-state index contributed by atoms with van der Waals surface area (Å²) in [5, 5.41) is 1.80. The molecule has 37 heavy (non-hydrogen) atoms. The van der Waals surface area contributed by atoms with Crippen molar-refractivity contribution in [1.29, 1.82) is 0 Å². The highest BCUT2D eigenvalue weighted by molar-refractivity contribution is 6.33. The number of benzene rings is 1. The fourth-order valence-electron chi connectivity index (χ4n) is 6.94. The molecule has 0 bridgehead atoms. The zero-order valence-corrected chi connectivity index (χ0v) is 21.6. The Morgan fingerprint density at radius 2 is 1.95 bits per heavy atom. The van der Waals surface area contributed by atoms with Crippen LogP contribution in [0.4, 0.5) is 16.0 Å². The molecule has 5 atom stereocenters. The van der Waals surface area contributed by atoms with E-state index in [1.54, 1.807) is 12.1 Å². The van der Waals surface area contributed by atoms with Crippen LogP contribution < -0.4 is 11.5 Å². The van der Waals surface area contributed by atoms with E-state index in [1.807, 2.05) is 19.9 Å². The molecule has 0 spiro atoms. The van der Waals surface area contributed by atoms with Crippen molar-refractivity contribution in [3.63, 3.8) is 0 Å². The molecule has 1 saturated heterocycles. The summed E-state index contributed by atoms with van der Waals surface area (Å²) < 4.78 is 30.4. The van der Waals surface area contributed by atoms with Gasteiger partial charge < -0.3 is 25.5 Å². The molecule has 2 aliphatic carbocycles. The Balaban J connectivity index is 1.25. The van der Waals surface area contributed by atoms with Gasteiger partial charge in [-0.25, -0.2) is 19.3 Å². The smallest absolute Gasteiger partial charge is 0.163 e. The predicted molar refractivity (Wildman–Crippen MR) is 140 cm³/mol. The van der Waals surface area contributed by atoms with Crippen molar-refractivity contribution in [3.05, 3.63) is 52.7 Å². The number of nitrogens with two attached hydrogens (primary N) is 2. The van der Waals surface area contributed by atoms with E-state index in [2.05, 4.69) is 26.4 Å². The van der Waals surface area contributed by atoms with Gasteiger partial charge in [-0.1, -0.05) is 11.6 Å². The number of ether oxygens (including phenoxy) is 2. The predicted octanol–water partition coefficient (Wildman–Crippen LogP) is 4.96. The average Bonchev–Trinajstić information content (AvgIpc) is 3.20. The van der Waals surface area contributed by atoms with Crippen LogP contribution in [0, 0.1) is 24.1 Å². The fourth-order valence-corrected chi connectivity index (χ4v) is 7.10. The first-order valence-electron chi connectivity index (χ1n) is 12.6. The van der Waals surface area contributed by atoms with Crippen LogP contribution in [0.2, 0.25) is 5.02 Å². The van der Waals surface area contributed by atoms with Crippen molar-refractivity contribution in [1.82, 2.24) is 19.5 Å². The van der Waals surface area contributed by atoms with E-state index in [0.717, 1.165) is 29.6 Å². The number of hydrogen-bond donors (Lipinski definition) is 2. The van der Waals surface area contributed by atoms with Gasteiger partial charge in [-0.3, -0.25) is 0 Å². The third-order valence-electron chi connectivity index (χ3n) is 8.60. The molecule has 1 aromatic carbocycles. The molecule has 2 saturated carbocycles. The van der Waals surface area contributed by atoms with Crippen LogP contribution in [0.25, 0.3) is 21.9 Å². The minimum Gasteiger partial charge on any atom is -0.383 e. The molecule has 0 radical (unpaired) electrons. The summed E-state index contributed by atoms with van der Waals surface area (Å²) in [6, 6.07) is 7.01. The van der Waals surface area contributed by atoms with E-state index in [4.69, 9.17) is 32.5 Å². The molecule has 1 aliphatic heterocycles. The van der Waals surface area contributed by atoms with Crippen LogP contribution >= 0.6 is 11.6 Å². The molecule has 4 N–H and O–H groups in total. The van der Waals surface area contributed by atoms with Crippen LogP contribution in [0.1, 0.15) is 44.0 Å². The normalized spacial score (nSPS) is 29.6. The van der Waals surface area contributed by atoms with Crippen LogP contribution in [0.3, 0.4) is 0 Å². The van der Waals surface area contributed by atoms with Crippen molar-refractivity contribution in [3.8, 4) is 0 Å². The van der Waals surface area contributed by atoms with E-state index in [9.17, 15) is 0 Å². The van der Waals surface area contributed by atoms with Crippen LogP contribution in [-0.2, 0) is 15.9 Å². The zero-order valence-electron chi connectivity index (χ0n) is 20.8. The lowest BCUT2D eigenvalue weighted by molar-refractivity contribution is -0.161. The van der Waals surface area contributed by atoms with Gasteiger partial charge >= 0.3 is 0 Å². The van der Waals surface area contributed by atoms with Gasteiger partial charge in [0.25, 0.3) is 0 Å². The Morgan fingerprint density at radius 1 is 1.14 bits per heavy atom. The number of halogens is 2. The molecule has 10 heteroatoms. The molecule has 3 aromatic heterocycles.